The fraction of sp³-hybridized carbons (Fsp3) is 1.00. The van der Waals surface area contributed by atoms with Gasteiger partial charge in [0.25, 0.3) is 0 Å². The molecule has 0 radical (unpaired) electrons. The maximum Gasteiger partial charge on any atom is 0.0868 e. The molecule has 10 heavy (non-hydrogen) atoms. The molecule has 0 heterocycles. The normalized spacial score (nSPS) is 50.1. The van der Waals surface area contributed by atoms with Gasteiger partial charge >= 0.3 is 0 Å². The summed E-state index contributed by atoms with van der Waals surface area (Å²) in [6, 6.07) is 0. The van der Waals surface area contributed by atoms with Crippen molar-refractivity contribution in [1.29, 1.82) is 0 Å². The van der Waals surface area contributed by atoms with Crippen LogP contribution in [0.2, 0.25) is 0 Å². The van der Waals surface area contributed by atoms with Gasteiger partial charge in [0.1, 0.15) is 0 Å². The highest BCUT2D eigenvalue weighted by molar-refractivity contribution is 9.25. The molecule has 58 valence electrons. The Bertz CT molecular complexity index is 153. The maximum absolute atomic E-state index is 3.72. The lowest BCUT2D eigenvalue weighted by atomic mass is 9.91. The Hall–Kier alpha value is 0.960. The number of fused-ring (bicyclic) bond motifs is 1. The monoisotopic (exact) mass is 266 g/mol. The third-order valence-corrected chi connectivity index (χ3v) is 5.34. The first-order valence-electron chi connectivity index (χ1n) is 4.00. The van der Waals surface area contributed by atoms with Crippen molar-refractivity contribution in [2.45, 2.75) is 29.4 Å². The topological polar surface area (TPSA) is 0 Å². The second-order valence-corrected chi connectivity index (χ2v) is 7.49. The Morgan fingerprint density at radius 1 is 1.20 bits per heavy atom. The van der Waals surface area contributed by atoms with E-state index < -0.39 is 0 Å². The quantitative estimate of drug-likeness (QED) is 0.589. The van der Waals surface area contributed by atoms with Crippen LogP contribution < -0.4 is 0 Å². The van der Waals surface area contributed by atoms with Gasteiger partial charge in [-0.3, -0.25) is 0 Å². The van der Waals surface area contributed by atoms with Crippen molar-refractivity contribution < 1.29 is 0 Å². The molecule has 3 unspecified atom stereocenters. The van der Waals surface area contributed by atoms with Gasteiger partial charge in [0.2, 0.25) is 0 Å². The first kappa shape index (κ1) is 7.60. The maximum atomic E-state index is 3.72. The Morgan fingerprint density at radius 3 is 2.40 bits per heavy atom. The molecule has 2 saturated carbocycles. The van der Waals surface area contributed by atoms with E-state index in [2.05, 4.69) is 38.8 Å². The lowest BCUT2D eigenvalue weighted by molar-refractivity contribution is 0.368. The number of hydrogen-bond acceptors (Lipinski definition) is 0. The molecule has 0 aromatic carbocycles. The molecule has 2 rings (SSSR count). The average Bonchev–Trinajstić information content (AvgIpc) is 2.36. The van der Waals surface area contributed by atoms with Gasteiger partial charge in [0.15, 0.2) is 0 Å². The van der Waals surface area contributed by atoms with Crippen LogP contribution in [0.1, 0.15) is 26.2 Å². The molecule has 0 saturated heterocycles. The second kappa shape index (κ2) is 2.22. The van der Waals surface area contributed by atoms with Crippen molar-refractivity contribution in [3.05, 3.63) is 0 Å². The molecule has 2 aliphatic carbocycles. The summed E-state index contributed by atoms with van der Waals surface area (Å²) in [5, 5.41) is 0. The zero-order valence-corrected chi connectivity index (χ0v) is 9.28. The van der Waals surface area contributed by atoms with Crippen LogP contribution in [0.4, 0.5) is 0 Å². The zero-order valence-electron chi connectivity index (χ0n) is 6.11. The Labute approximate surface area is 79.0 Å². The fourth-order valence-corrected chi connectivity index (χ4v) is 4.03. The fourth-order valence-electron chi connectivity index (χ4n) is 2.19. The number of hydrogen-bond donors (Lipinski definition) is 0. The summed E-state index contributed by atoms with van der Waals surface area (Å²) < 4.78 is 0.352. The van der Waals surface area contributed by atoms with E-state index in [0.717, 1.165) is 17.8 Å². The van der Waals surface area contributed by atoms with Crippen LogP contribution in [-0.2, 0) is 0 Å². The summed E-state index contributed by atoms with van der Waals surface area (Å²) in [5.74, 6) is 2.82. The summed E-state index contributed by atoms with van der Waals surface area (Å²) in [6.45, 7) is 2.37. The average molecular weight is 268 g/mol. The minimum absolute atomic E-state index is 0.352. The van der Waals surface area contributed by atoms with Crippen LogP contribution in [0, 0.1) is 17.8 Å². The molecule has 0 spiro atoms. The molecule has 0 nitrogen and oxygen atoms in total. The molecule has 3 atom stereocenters. The molecule has 2 fully saturated rings. The lowest BCUT2D eigenvalue weighted by Gasteiger charge is -2.14. The lowest BCUT2D eigenvalue weighted by Crippen LogP contribution is -2.03. The Morgan fingerprint density at radius 2 is 1.90 bits per heavy atom. The molecular weight excluding hydrogens is 256 g/mol. The van der Waals surface area contributed by atoms with E-state index in [-0.39, 0.29) is 0 Å². The van der Waals surface area contributed by atoms with E-state index in [1.165, 1.54) is 19.3 Å². The third-order valence-electron chi connectivity index (χ3n) is 2.99. The van der Waals surface area contributed by atoms with Crippen molar-refractivity contribution in [2.75, 3.05) is 0 Å². The van der Waals surface area contributed by atoms with Crippen molar-refractivity contribution in [1.82, 2.24) is 0 Å². The highest BCUT2D eigenvalue weighted by atomic mass is 79.9. The van der Waals surface area contributed by atoms with Crippen molar-refractivity contribution in [3.63, 3.8) is 0 Å². The SMILES string of the molecule is CC1CCC2C(C1)C2(Br)Br. The Kier molecular flexibility index (Phi) is 1.69. The van der Waals surface area contributed by atoms with Crippen LogP contribution in [0.3, 0.4) is 0 Å². The van der Waals surface area contributed by atoms with E-state index in [0.29, 0.717) is 3.23 Å². The minimum atomic E-state index is 0.352. The van der Waals surface area contributed by atoms with Crippen LogP contribution in [0.5, 0.6) is 0 Å². The van der Waals surface area contributed by atoms with E-state index in [1.54, 1.807) is 0 Å². The molecule has 0 amide bonds. The van der Waals surface area contributed by atoms with E-state index in [9.17, 15) is 0 Å². The largest absolute Gasteiger partial charge is 0.0868 e. The highest BCUT2D eigenvalue weighted by Crippen LogP contribution is 2.68. The molecular formula is C8H12Br2. The zero-order chi connectivity index (χ0) is 7.35. The summed E-state index contributed by atoms with van der Waals surface area (Å²) in [6.07, 6.45) is 4.27. The van der Waals surface area contributed by atoms with E-state index in [4.69, 9.17) is 0 Å². The molecule has 0 aromatic rings. The molecule has 0 aliphatic heterocycles. The minimum Gasteiger partial charge on any atom is -0.0721 e. The first-order valence-corrected chi connectivity index (χ1v) is 5.58. The third kappa shape index (κ3) is 0.989. The van der Waals surface area contributed by atoms with Crippen molar-refractivity contribution in [2.24, 2.45) is 17.8 Å². The van der Waals surface area contributed by atoms with Gasteiger partial charge in [-0.2, -0.15) is 0 Å². The van der Waals surface area contributed by atoms with Gasteiger partial charge in [0, 0.05) is 0 Å². The van der Waals surface area contributed by atoms with Crippen LogP contribution >= 0.6 is 31.9 Å². The van der Waals surface area contributed by atoms with Crippen LogP contribution in [0.25, 0.3) is 0 Å². The molecule has 0 N–H and O–H groups in total. The van der Waals surface area contributed by atoms with Crippen LogP contribution in [-0.4, -0.2) is 3.23 Å². The number of alkyl halides is 2. The van der Waals surface area contributed by atoms with Crippen molar-refractivity contribution in [3.8, 4) is 0 Å². The molecule has 0 aromatic heterocycles. The van der Waals surface area contributed by atoms with Crippen molar-refractivity contribution >= 4 is 31.9 Å². The summed E-state index contributed by atoms with van der Waals surface area (Å²) in [5.41, 5.74) is 0. The smallest absolute Gasteiger partial charge is 0.0721 e. The van der Waals surface area contributed by atoms with Gasteiger partial charge in [0.05, 0.1) is 3.23 Å². The van der Waals surface area contributed by atoms with Crippen LogP contribution in [0.15, 0.2) is 0 Å². The summed E-state index contributed by atoms with van der Waals surface area (Å²) in [7, 11) is 0. The number of rotatable bonds is 0. The predicted octanol–water partition coefficient (Wildman–Crippen LogP) is 3.54. The summed E-state index contributed by atoms with van der Waals surface area (Å²) >= 11 is 7.45. The second-order valence-electron chi connectivity index (χ2n) is 3.81. The predicted molar refractivity (Wildman–Crippen MR) is 50.6 cm³/mol. The molecule has 0 bridgehead atoms. The van der Waals surface area contributed by atoms with Gasteiger partial charge < -0.3 is 0 Å². The van der Waals surface area contributed by atoms with Gasteiger partial charge in [-0.25, -0.2) is 0 Å². The van der Waals surface area contributed by atoms with Gasteiger partial charge in [-0.1, -0.05) is 45.2 Å². The van der Waals surface area contributed by atoms with Gasteiger partial charge in [-0.15, -0.1) is 0 Å². The highest BCUT2D eigenvalue weighted by Gasteiger charge is 2.62. The van der Waals surface area contributed by atoms with Gasteiger partial charge in [-0.05, 0) is 30.6 Å². The summed E-state index contributed by atoms with van der Waals surface area (Å²) in [4.78, 5) is 0. The molecule has 2 aliphatic rings. The van der Waals surface area contributed by atoms with E-state index >= 15 is 0 Å². The first-order chi connectivity index (χ1) is 4.62. The number of halogens is 2. The Balaban J connectivity index is 2.04. The molecule has 2 heteroatoms. The van der Waals surface area contributed by atoms with E-state index in [1.807, 2.05) is 0 Å². The standard InChI is InChI=1S/C8H12Br2/c1-5-2-3-6-7(4-5)8(6,9)10/h5-7H,2-4H2,1H3.